The quantitative estimate of drug-likeness (QED) is 0.254. The summed E-state index contributed by atoms with van der Waals surface area (Å²) in [5.74, 6) is -3.38. The number of nitrogens with zero attached hydrogens (tertiary/aromatic N) is 1. The van der Waals surface area contributed by atoms with Crippen LogP contribution in [0, 0.1) is 28.6 Å². The van der Waals surface area contributed by atoms with Gasteiger partial charge in [-0.1, -0.05) is 34.6 Å². The molecule has 6 amide bonds. The Balaban J connectivity index is 1.87. The Labute approximate surface area is 242 Å². The van der Waals surface area contributed by atoms with E-state index in [2.05, 4.69) is 26.6 Å². The summed E-state index contributed by atoms with van der Waals surface area (Å²) in [6.07, 6.45) is 0.486. The Morgan fingerprint density at radius 3 is 2.20 bits per heavy atom. The number of Topliss-reactive ketones (excluding diaryl/α,β-unsaturated/α-hetero) is 1. The molecule has 5 N–H and O–H groups in total. The van der Waals surface area contributed by atoms with Crippen LogP contribution in [0.3, 0.4) is 0 Å². The van der Waals surface area contributed by atoms with Crippen molar-refractivity contribution in [2.24, 2.45) is 28.6 Å². The van der Waals surface area contributed by atoms with E-state index in [1.54, 1.807) is 6.92 Å². The van der Waals surface area contributed by atoms with Gasteiger partial charge in [-0.15, -0.1) is 0 Å². The molecule has 3 rings (SSSR count). The molecule has 0 spiro atoms. The number of piperidine rings is 1. The number of urea groups is 1. The van der Waals surface area contributed by atoms with Crippen LogP contribution in [0.5, 0.6) is 0 Å². The second kappa shape index (κ2) is 11.6. The summed E-state index contributed by atoms with van der Waals surface area (Å²) in [7, 11) is 0. The maximum absolute atomic E-state index is 14.0. The minimum absolute atomic E-state index is 0.00909. The molecule has 2 aliphatic heterocycles. The van der Waals surface area contributed by atoms with E-state index in [1.807, 2.05) is 55.4 Å². The fraction of sp³-hybridized carbons (Fsp3) is 0.793. The van der Waals surface area contributed by atoms with Crippen molar-refractivity contribution in [1.82, 2.24) is 31.5 Å². The Kier molecular flexibility index (Phi) is 9.15. The van der Waals surface area contributed by atoms with Gasteiger partial charge in [0.1, 0.15) is 12.1 Å². The van der Waals surface area contributed by atoms with Gasteiger partial charge in [0.25, 0.3) is 5.91 Å². The normalized spacial score (nSPS) is 26.3. The Bertz CT molecular complexity index is 1090. The first-order chi connectivity index (χ1) is 18.8. The van der Waals surface area contributed by atoms with E-state index in [9.17, 15) is 28.8 Å². The largest absolute Gasteiger partial charge is 0.356 e. The van der Waals surface area contributed by atoms with Crippen molar-refractivity contribution in [3.05, 3.63) is 0 Å². The predicted molar refractivity (Wildman–Crippen MR) is 152 cm³/mol. The third kappa shape index (κ3) is 7.19. The molecule has 1 saturated carbocycles. The molecule has 0 unspecified atom stereocenters. The number of carbonyl (C=O) groups excluding carboxylic acids is 6. The number of fused-ring (bicyclic) bond motifs is 1. The first-order valence-electron chi connectivity index (χ1n) is 14.6. The van der Waals surface area contributed by atoms with Crippen molar-refractivity contribution in [3.63, 3.8) is 0 Å². The van der Waals surface area contributed by atoms with E-state index >= 15 is 0 Å². The van der Waals surface area contributed by atoms with E-state index in [4.69, 9.17) is 0 Å². The molecule has 2 heterocycles. The molecule has 41 heavy (non-hydrogen) atoms. The molecule has 1 aliphatic carbocycles. The number of likely N-dealkylation sites (tertiary alicyclic amines) is 1. The van der Waals surface area contributed by atoms with Crippen molar-refractivity contribution < 1.29 is 28.8 Å². The third-order valence-electron chi connectivity index (χ3n) is 8.51. The number of ketones is 1. The summed E-state index contributed by atoms with van der Waals surface area (Å²) < 4.78 is 0. The number of carbonyl (C=O) groups is 6. The maximum atomic E-state index is 14.0. The molecule has 3 fully saturated rings. The SMILES string of the molecule is CCNC(=O)C(=O)[C@H](C[C@@H]1CCNC1=O)NC(=O)[C@@H]1[C@@H]2[C@H](CN1C(=O)[C@@H](NC(=O)NC(C)(C)C)C(C)(C)C)C2(C)C. The Morgan fingerprint density at radius 1 is 1.05 bits per heavy atom. The maximum Gasteiger partial charge on any atom is 0.315 e. The topological polar surface area (TPSA) is 166 Å². The Morgan fingerprint density at radius 2 is 1.68 bits per heavy atom. The molecule has 0 aromatic carbocycles. The lowest BCUT2D eigenvalue weighted by Crippen LogP contribution is -2.62. The zero-order valence-electron chi connectivity index (χ0n) is 25.9. The Hall–Kier alpha value is -3.18. The van der Waals surface area contributed by atoms with E-state index in [1.165, 1.54) is 4.90 Å². The summed E-state index contributed by atoms with van der Waals surface area (Å²) in [6, 6.07) is -3.51. The van der Waals surface area contributed by atoms with Gasteiger partial charge in [-0.25, -0.2) is 4.79 Å². The highest BCUT2D eigenvalue weighted by Gasteiger charge is 2.70. The molecule has 6 atom stereocenters. The number of nitrogens with one attached hydrogen (secondary N) is 5. The first kappa shape index (κ1) is 32.3. The lowest BCUT2D eigenvalue weighted by Gasteiger charge is -2.38. The van der Waals surface area contributed by atoms with Crippen LogP contribution in [0.4, 0.5) is 4.79 Å². The van der Waals surface area contributed by atoms with Crippen LogP contribution in [-0.4, -0.2) is 83.6 Å². The fourth-order valence-corrected chi connectivity index (χ4v) is 6.18. The van der Waals surface area contributed by atoms with Crippen molar-refractivity contribution in [2.45, 2.75) is 98.8 Å². The van der Waals surface area contributed by atoms with E-state index in [-0.39, 0.29) is 42.0 Å². The van der Waals surface area contributed by atoms with Gasteiger partial charge in [0, 0.05) is 31.1 Å². The van der Waals surface area contributed by atoms with Crippen LogP contribution in [0.25, 0.3) is 0 Å². The molecule has 0 bridgehead atoms. The standard InChI is InChI=1S/C29H48N6O6/c1-10-30-24(39)20(36)17(13-15-11-12-31-22(15)37)32-23(38)19-18-16(29(18,8)9)14-35(19)25(40)21(27(2,3)4)33-26(41)34-28(5,6)7/h15-19,21H,10-14H2,1-9H3,(H,30,39)(H,31,37)(H,32,38)(H2,33,34,41)/t15-,16-,17-,18-,19-,21+/m0/s1. The summed E-state index contributed by atoms with van der Waals surface area (Å²) in [5, 5.41) is 13.6. The summed E-state index contributed by atoms with van der Waals surface area (Å²) in [6.45, 7) is 17.9. The van der Waals surface area contributed by atoms with Gasteiger partial charge < -0.3 is 31.5 Å². The lowest BCUT2D eigenvalue weighted by molar-refractivity contribution is -0.145. The molecular formula is C29H48N6O6. The molecule has 0 aromatic heterocycles. The molecule has 3 aliphatic rings. The van der Waals surface area contributed by atoms with Crippen molar-refractivity contribution >= 4 is 35.4 Å². The minimum Gasteiger partial charge on any atom is -0.356 e. The van der Waals surface area contributed by atoms with E-state index in [0.717, 1.165) is 0 Å². The second-order valence-electron chi connectivity index (χ2n) is 14.3. The predicted octanol–water partition coefficient (Wildman–Crippen LogP) is 0.698. The molecular weight excluding hydrogens is 528 g/mol. The average molecular weight is 577 g/mol. The molecule has 230 valence electrons. The zero-order chi connectivity index (χ0) is 31.1. The average Bonchev–Trinajstić information content (AvgIpc) is 3.17. The molecule has 0 radical (unpaired) electrons. The molecule has 2 saturated heterocycles. The smallest absolute Gasteiger partial charge is 0.315 e. The van der Waals surface area contributed by atoms with Gasteiger partial charge >= 0.3 is 6.03 Å². The van der Waals surface area contributed by atoms with Gasteiger partial charge in [0.05, 0.1) is 6.04 Å². The second-order valence-corrected chi connectivity index (χ2v) is 14.3. The molecule has 12 heteroatoms. The van der Waals surface area contributed by atoms with Gasteiger partial charge in [-0.2, -0.15) is 0 Å². The fourth-order valence-electron chi connectivity index (χ4n) is 6.18. The number of amides is 6. The summed E-state index contributed by atoms with van der Waals surface area (Å²) in [5.41, 5.74) is -1.38. The highest BCUT2D eigenvalue weighted by molar-refractivity contribution is 6.38. The molecule has 0 aromatic rings. The van der Waals surface area contributed by atoms with Crippen molar-refractivity contribution in [3.8, 4) is 0 Å². The zero-order valence-corrected chi connectivity index (χ0v) is 25.9. The van der Waals surface area contributed by atoms with Crippen LogP contribution >= 0.6 is 0 Å². The number of rotatable bonds is 9. The van der Waals surface area contributed by atoms with Crippen LogP contribution in [0.15, 0.2) is 0 Å². The van der Waals surface area contributed by atoms with Crippen LogP contribution in [0.2, 0.25) is 0 Å². The van der Waals surface area contributed by atoms with E-state index in [0.29, 0.717) is 19.5 Å². The van der Waals surface area contributed by atoms with Crippen LogP contribution in [-0.2, 0) is 24.0 Å². The monoisotopic (exact) mass is 576 g/mol. The molecule has 12 nitrogen and oxygen atoms in total. The highest BCUT2D eigenvalue weighted by Crippen LogP contribution is 2.65. The van der Waals surface area contributed by atoms with Gasteiger partial charge in [-0.3, -0.25) is 24.0 Å². The summed E-state index contributed by atoms with van der Waals surface area (Å²) >= 11 is 0. The van der Waals surface area contributed by atoms with Crippen LogP contribution in [0.1, 0.15) is 75.2 Å². The van der Waals surface area contributed by atoms with Gasteiger partial charge in [-0.05, 0) is 63.2 Å². The lowest BCUT2D eigenvalue weighted by atomic mass is 9.85. The number of hydrogen-bond donors (Lipinski definition) is 5. The van der Waals surface area contributed by atoms with E-state index < -0.39 is 58.6 Å². The van der Waals surface area contributed by atoms with Crippen molar-refractivity contribution in [2.75, 3.05) is 19.6 Å². The van der Waals surface area contributed by atoms with Crippen LogP contribution < -0.4 is 26.6 Å². The third-order valence-corrected chi connectivity index (χ3v) is 8.51. The first-order valence-corrected chi connectivity index (χ1v) is 14.6. The minimum atomic E-state index is -1.21. The van der Waals surface area contributed by atoms with Gasteiger partial charge in [0.15, 0.2) is 0 Å². The summed E-state index contributed by atoms with van der Waals surface area (Å²) in [4.78, 5) is 80.1. The van der Waals surface area contributed by atoms with Crippen molar-refractivity contribution in [1.29, 1.82) is 0 Å². The number of hydrogen-bond acceptors (Lipinski definition) is 6. The highest BCUT2D eigenvalue weighted by atomic mass is 16.2. The number of likely N-dealkylation sites (N-methyl/N-ethyl adjacent to an activating group) is 1. The van der Waals surface area contributed by atoms with Gasteiger partial charge in [0.2, 0.25) is 23.5 Å².